The van der Waals surface area contributed by atoms with Gasteiger partial charge in [-0.05, 0) is 124 Å². The zero-order valence-electron chi connectivity index (χ0n) is 37.9. The molecule has 1 aliphatic carbocycles. The van der Waals surface area contributed by atoms with Crippen molar-refractivity contribution in [1.82, 2.24) is 4.90 Å². The summed E-state index contributed by atoms with van der Waals surface area (Å²) in [6.07, 6.45) is -11.6. The monoisotopic (exact) mass is 970 g/mol. The molecule has 14 heteroatoms. The number of rotatable bonds is 9. The number of benzene rings is 8. The maximum atomic E-state index is 14.8. The Labute approximate surface area is 407 Å². The van der Waals surface area contributed by atoms with E-state index in [1.165, 1.54) is 44.3 Å². The molecule has 0 bridgehead atoms. The van der Waals surface area contributed by atoms with Crippen LogP contribution in [0.15, 0.2) is 182 Å². The van der Waals surface area contributed by atoms with Crippen molar-refractivity contribution in [3.63, 3.8) is 0 Å². The Morgan fingerprint density at radius 1 is 0.417 bits per heavy atom. The van der Waals surface area contributed by atoms with Gasteiger partial charge in [0.1, 0.15) is 23.0 Å². The van der Waals surface area contributed by atoms with Gasteiger partial charge in [-0.3, -0.25) is 24.1 Å². The first-order valence-corrected chi connectivity index (χ1v) is 22.5. The van der Waals surface area contributed by atoms with Crippen LogP contribution in [0.3, 0.4) is 0 Å². The molecule has 11 rings (SSSR count). The number of hydrogen-bond acceptors (Lipinski definition) is 6. The first kappa shape index (κ1) is 45.7. The highest BCUT2D eigenvalue weighted by molar-refractivity contribution is 6.34. The molecule has 356 valence electrons. The number of nitrogens with zero attached hydrogens (tertiary/aromatic N) is 2. The summed E-state index contributed by atoms with van der Waals surface area (Å²) in [5.74, 6) is -0.965. The second-order valence-electron chi connectivity index (χ2n) is 17.8. The SMILES string of the molecule is Cc1ccc(C(c2ccc(N3C(=O)c4ccc(Oc5ccc(C6(c7ccc(Oc8ccc9c(c8)C(=O)N(C)C9=O)cc7)c7ccccc7-c7ccccc76)cc5)cc4C3=O)cc2)(C(F)(F)F)C(F)(F)F)cc1. The fraction of sp³-hybridized carbons (Fsp3) is 0.103. The number of hydrogen-bond donors (Lipinski definition) is 0. The van der Waals surface area contributed by atoms with E-state index in [4.69, 9.17) is 9.47 Å². The van der Waals surface area contributed by atoms with Gasteiger partial charge < -0.3 is 9.47 Å². The molecule has 0 atom stereocenters. The number of alkyl halides is 6. The summed E-state index contributed by atoms with van der Waals surface area (Å²) < 4.78 is 101. The van der Waals surface area contributed by atoms with E-state index in [9.17, 15) is 45.5 Å². The Hall–Kier alpha value is -8.78. The first-order valence-electron chi connectivity index (χ1n) is 22.5. The zero-order chi connectivity index (χ0) is 50.5. The average Bonchev–Trinajstić information content (AvgIpc) is 3.89. The van der Waals surface area contributed by atoms with Crippen LogP contribution >= 0.6 is 0 Å². The Morgan fingerprint density at radius 3 is 1.28 bits per heavy atom. The largest absolute Gasteiger partial charge is 0.457 e. The molecule has 2 aliphatic heterocycles. The van der Waals surface area contributed by atoms with Gasteiger partial charge in [0, 0.05) is 7.05 Å². The lowest BCUT2D eigenvalue weighted by atomic mass is 9.68. The minimum atomic E-state index is -5.81. The molecule has 8 aromatic rings. The lowest BCUT2D eigenvalue weighted by Gasteiger charge is -2.38. The molecule has 4 amide bonds. The topological polar surface area (TPSA) is 93.2 Å². The summed E-state index contributed by atoms with van der Waals surface area (Å²) >= 11 is 0. The molecule has 0 N–H and O–H groups in total. The van der Waals surface area contributed by atoms with E-state index < -0.39 is 52.0 Å². The van der Waals surface area contributed by atoms with Gasteiger partial charge in [-0.1, -0.05) is 115 Å². The third-order valence-corrected chi connectivity index (χ3v) is 13.8. The molecule has 8 aromatic carbocycles. The summed E-state index contributed by atoms with van der Waals surface area (Å²) in [6.45, 7) is 1.54. The van der Waals surface area contributed by atoms with E-state index in [0.717, 1.165) is 62.5 Å². The van der Waals surface area contributed by atoms with E-state index in [2.05, 4.69) is 24.3 Å². The molecule has 0 spiro atoms. The standard InChI is InChI=1S/C58H36F6N2O6/c1-33-11-13-36(14-12-33)56(57(59,60)61,58(62,63)64)37-15-21-38(22-16-37)66-53(69)46-30-28-42(32-48(46)54(66)70)72-40-25-19-35(20-26-40)55(49-9-5-3-7-43(49)44-8-4-6-10-50(44)55)34-17-23-39(24-18-34)71-41-27-29-45-47(31-41)52(68)65(2)51(45)67/h3-32H,1-2H3. The smallest absolute Gasteiger partial charge is 0.411 e. The fourth-order valence-electron chi connectivity index (χ4n) is 10.4. The van der Waals surface area contributed by atoms with Crippen molar-refractivity contribution in [3.05, 3.63) is 243 Å². The van der Waals surface area contributed by atoms with Crippen LogP contribution in [-0.4, -0.2) is 47.9 Å². The quantitative estimate of drug-likeness (QED) is 0.106. The molecular weight excluding hydrogens is 935 g/mol. The first-order chi connectivity index (χ1) is 34.4. The second-order valence-corrected chi connectivity index (χ2v) is 17.8. The van der Waals surface area contributed by atoms with Crippen molar-refractivity contribution >= 4 is 29.3 Å². The minimum Gasteiger partial charge on any atom is -0.457 e. The maximum absolute atomic E-state index is 14.8. The highest BCUT2D eigenvalue weighted by atomic mass is 19.4. The summed E-state index contributed by atoms with van der Waals surface area (Å²) in [5, 5.41) is 0. The van der Waals surface area contributed by atoms with Gasteiger partial charge in [0.25, 0.3) is 23.6 Å². The van der Waals surface area contributed by atoms with Crippen LogP contribution in [0, 0.1) is 6.92 Å². The molecule has 0 saturated carbocycles. The second kappa shape index (κ2) is 16.4. The number of aryl methyl sites for hydroxylation is 1. The highest BCUT2D eigenvalue weighted by Crippen LogP contribution is 2.58. The number of ether oxygens (including phenoxy) is 2. The molecule has 0 radical (unpaired) electrons. The van der Waals surface area contributed by atoms with Crippen LogP contribution in [-0.2, 0) is 10.8 Å². The summed E-state index contributed by atoms with van der Waals surface area (Å²) in [6, 6.07) is 47.4. The Balaban J connectivity index is 0.881. The highest BCUT2D eigenvalue weighted by Gasteiger charge is 2.72. The number of carbonyl (C=O) groups is 4. The Bertz CT molecular complexity index is 3490. The van der Waals surface area contributed by atoms with Crippen molar-refractivity contribution < 1.29 is 55.0 Å². The number of amides is 4. The number of imide groups is 2. The van der Waals surface area contributed by atoms with Crippen molar-refractivity contribution in [3.8, 4) is 34.1 Å². The average molecular weight is 971 g/mol. The van der Waals surface area contributed by atoms with Gasteiger partial charge >= 0.3 is 12.4 Å². The fourth-order valence-corrected chi connectivity index (χ4v) is 10.4. The number of carbonyl (C=O) groups excluding carboxylic acids is 4. The number of halogens is 6. The lowest BCUT2D eigenvalue weighted by Crippen LogP contribution is -2.54. The van der Waals surface area contributed by atoms with Gasteiger partial charge in [0.2, 0.25) is 5.41 Å². The molecule has 0 saturated heterocycles. The van der Waals surface area contributed by atoms with Crippen LogP contribution in [0.4, 0.5) is 32.0 Å². The third kappa shape index (κ3) is 6.76. The van der Waals surface area contributed by atoms with Crippen LogP contribution < -0.4 is 14.4 Å². The van der Waals surface area contributed by atoms with Crippen LogP contribution in [0.1, 0.15) is 80.4 Å². The third-order valence-electron chi connectivity index (χ3n) is 13.8. The van der Waals surface area contributed by atoms with E-state index in [0.29, 0.717) is 45.4 Å². The van der Waals surface area contributed by atoms with Gasteiger partial charge in [-0.2, -0.15) is 26.3 Å². The normalized spacial score (nSPS) is 14.8. The van der Waals surface area contributed by atoms with Gasteiger partial charge in [-0.25, -0.2) is 4.90 Å². The van der Waals surface area contributed by atoms with Crippen molar-refractivity contribution in [2.75, 3.05) is 11.9 Å². The van der Waals surface area contributed by atoms with E-state index in [1.54, 1.807) is 30.3 Å². The molecule has 8 nitrogen and oxygen atoms in total. The lowest BCUT2D eigenvalue weighted by molar-refractivity contribution is -0.288. The Kier molecular flexibility index (Phi) is 10.4. The minimum absolute atomic E-state index is 0.0324. The van der Waals surface area contributed by atoms with Gasteiger partial charge in [0.05, 0.1) is 33.4 Å². The van der Waals surface area contributed by atoms with Gasteiger partial charge in [-0.15, -0.1) is 0 Å². The summed E-state index contributed by atoms with van der Waals surface area (Å²) in [4.78, 5) is 54.4. The molecule has 72 heavy (non-hydrogen) atoms. The number of fused-ring (bicyclic) bond motifs is 5. The molecule has 3 aliphatic rings. The van der Waals surface area contributed by atoms with Gasteiger partial charge in [0.15, 0.2) is 0 Å². The molecular formula is C58H36F6N2O6. The van der Waals surface area contributed by atoms with Crippen molar-refractivity contribution in [2.24, 2.45) is 0 Å². The molecule has 0 unspecified atom stereocenters. The summed E-state index contributed by atoms with van der Waals surface area (Å²) in [7, 11) is 1.43. The van der Waals surface area contributed by atoms with E-state index >= 15 is 0 Å². The molecule has 2 heterocycles. The molecule has 0 fully saturated rings. The maximum Gasteiger partial charge on any atom is 0.411 e. The zero-order valence-corrected chi connectivity index (χ0v) is 37.9. The van der Waals surface area contributed by atoms with E-state index in [1.807, 2.05) is 60.7 Å². The predicted octanol–water partition coefficient (Wildman–Crippen LogP) is 13.4. The predicted molar refractivity (Wildman–Crippen MR) is 255 cm³/mol. The van der Waals surface area contributed by atoms with E-state index in [-0.39, 0.29) is 34.0 Å². The molecule has 0 aromatic heterocycles. The summed E-state index contributed by atoms with van der Waals surface area (Å²) in [5.41, 5.74) is -0.677. The van der Waals surface area contributed by atoms with Crippen molar-refractivity contribution in [1.29, 1.82) is 0 Å². The van der Waals surface area contributed by atoms with Crippen LogP contribution in [0.5, 0.6) is 23.0 Å². The van der Waals surface area contributed by atoms with Crippen molar-refractivity contribution in [2.45, 2.75) is 30.1 Å². The Morgan fingerprint density at radius 2 is 0.806 bits per heavy atom. The van der Waals surface area contributed by atoms with Crippen LogP contribution in [0.2, 0.25) is 0 Å². The number of anilines is 1. The van der Waals surface area contributed by atoms with Crippen LogP contribution in [0.25, 0.3) is 11.1 Å².